The zero-order chi connectivity index (χ0) is 24.5. The lowest BCUT2D eigenvalue weighted by molar-refractivity contribution is 0.177. The Balaban J connectivity index is 1.27. The predicted molar refractivity (Wildman–Crippen MR) is 137 cm³/mol. The number of H-pyrrole nitrogens is 1. The average molecular weight is 496 g/mol. The number of nitrogens with one attached hydrogen (secondary N) is 1. The lowest BCUT2D eigenvalue weighted by Crippen LogP contribution is -2.36. The Bertz CT molecular complexity index is 1180. The molecular formula is C28H35ClFN5. The van der Waals surface area contributed by atoms with Crippen molar-refractivity contribution >= 4 is 11.6 Å². The number of aryl methyl sites for hydroxylation is 2. The maximum atomic E-state index is 15.3. The number of nitrogens with zero attached hydrogens (tertiary/aromatic N) is 4. The molecule has 0 spiro atoms. The lowest BCUT2D eigenvalue weighted by Gasteiger charge is -2.35. The normalized spacial score (nSPS) is 23.2. The smallest absolute Gasteiger partial charge is 0.133 e. The van der Waals surface area contributed by atoms with Gasteiger partial charge >= 0.3 is 0 Å². The van der Waals surface area contributed by atoms with Gasteiger partial charge in [-0.3, -0.25) is 5.10 Å². The minimum absolute atomic E-state index is 0.163. The van der Waals surface area contributed by atoms with Gasteiger partial charge in [0.15, 0.2) is 0 Å². The molecule has 1 saturated heterocycles. The van der Waals surface area contributed by atoms with Crippen LogP contribution in [0.5, 0.6) is 0 Å². The van der Waals surface area contributed by atoms with Crippen LogP contribution in [0, 0.1) is 25.6 Å². The van der Waals surface area contributed by atoms with Gasteiger partial charge in [0.25, 0.3) is 0 Å². The van der Waals surface area contributed by atoms with E-state index in [2.05, 4.69) is 38.9 Å². The third-order valence-corrected chi connectivity index (χ3v) is 8.18. The first kappa shape index (κ1) is 24.4. The van der Waals surface area contributed by atoms with Crippen molar-refractivity contribution in [1.29, 1.82) is 0 Å². The predicted octanol–water partition coefficient (Wildman–Crippen LogP) is 6.16. The van der Waals surface area contributed by atoms with Crippen LogP contribution in [-0.4, -0.2) is 44.2 Å². The van der Waals surface area contributed by atoms with Gasteiger partial charge < -0.3 is 4.90 Å². The molecule has 2 aliphatic rings. The standard InChI is InChI=1S/C28H35ClFN5/c1-17-8-9-35(16-17)23-6-4-20(5-7-23)24-14-26(30)21(10-18(24)2)12-28-31-15-25(29)27(32-28)13-22-11-19(3)33-34-22/h10-11,14-15,17,20,23H,4-9,12-13,16H2,1-3H3,(H,33,34)/t17-,20?,23?/m0/s1. The Labute approximate surface area is 212 Å². The Morgan fingerprint density at radius 1 is 1.09 bits per heavy atom. The van der Waals surface area contributed by atoms with E-state index >= 15 is 4.39 Å². The van der Waals surface area contributed by atoms with E-state index in [4.69, 9.17) is 11.6 Å². The van der Waals surface area contributed by atoms with Crippen LogP contribution >= 0.6 is 11.6 Å². The number of aromatic nitrogens is 4. The summed E-state index contributed by atoms with van der Waals surface area (Å²) in [5.41, 5.74) is 5.54. The molecule has 3 aromatic rings. The summed E-state index contributed by atoms with van der Waals surface area (Å²) in [4.78, 5) is 11.7. The number of hydrogen-bond donors (Lipinski definition) is 1. The van der Waals surface area contributed by atoms with E-state index in [1.54, 1.807) is 12.3 Å². The van der Waals surface area contributed by atoms with Gasteiger partial charge in [0, 0.05) is 37.3 Å². The first-order chi connectivity index (χ1) is 16.9. The maximum Gasteiger partial charge on any atom is 0.133 e. The number of rotatable bonds is 6. The van der Waals surface area contributed by atoms with Crippen molar-refractivity contribution in [3.8, 4) is 0 Å². The van der Waals surface area contributed by atoms with Crippen LogP contribution < -0.4 is 0 Å². The van der Waals surface area contributed by atoms with Crippen molar-refractivity contribution in [2.24, 2.45) is 5.92 Å². The fourth-order valence-corrected chi connectivity index (χ4v) is 6.10. The van der Waals surface area contributed by atoms with Crippen molar-refractivity contribution < 1.29 is 4.39 Å². The summed E-state index contributed by atoms with van der Waals surface area (Å²) in [7, 11) is 0. The van der Waals surface area contributed by atoms with Crippen molar-refractivity contribution in [3.05, 3.63) is 74.8 Å². The van der Waals surface area contributed by atoms with Crippen molar-refractivity contribution in [3.63, 3.8) is 0 Å². The van der Waals surface area contributed by atoms with Gasteiger partial charge in [-0.2, -0.15) is 5.10 Å². The molecule has 0 radical (unpaired) electrons. The van der Waals surface area contributed by atoms with Crippen molar-refractivity contribution in [2.45, 2.75) is 77.7 Å². The molecular weight excluding hydrogens is 461 g/mol. The van der Waals surface area contributed by atoms with Crippen molar-refractivity contribution in [1.82, 2.24) is 25.1 Å². The summed E-state index contributed by atoms with van der Waals surface area (Å²) in [6, 6.07) is 6.45. The Morgan fingerprint density at radius 3 is 2.57 bits per heavy atom. The minimum atomic E-state index is -0.163. The molecule has 1 saturated carbocycles. The fraction of sp³-hybridized carbons (Fsp3) is 0.536. The average Bonchev–Trinajstić information content (AvgIpc) is 3.46. The molecule has 7 heteroatoms. The molecule has 3 heterocycles. The topological polar surface area (TPSA) is 57.7 Å². The summed E-state index contributed by atoms with van der Waals surface area (Å²) >= 11 is 6.34. The highest BCUT2D eigenvalue weighted by molar-refractivity contribution is 6.31. The Kier molecular flexibility index (Phi) is 7.21. The molecule has 1 aromatic carbocycles. The van der Waals surface area contributed by atoms with Gasteiger partial charge in [0.2, 0.25) is 0 Å². The summed E-state index contributed by atoms with van der Waals surface area (Å²) in [6.07, 6.45) is 8.52. The van der Waals surface area contributed by atoms with Gasteiger partial charge in [-0.15, -0.1) is 0 Å². The Hall–Kier alpha value is -2.31. The molecule has 1 aliphatic heterocycles. The second-order valence-electron chi connectivity index (χ2n) is 10.7. The third-order valence-electron chi connectivity index (χ3n) is 7.87. The van der Waals surface area contributed by atoms with Gasteiger partial charge in [0.1, 0.15) is 11.6 Å². The first-order valence-corrected chi connectivity index (χ1v) is 13.3. The lowest BCUT2D eigenvalue weighted by atomic mass is 9.79. The molecule has 0 bridgehead atoms. The molecule has 2 aromatic heterocycles. The summed E-state index contributed by atoms with van der Waals surface area (Å²) in [5.74, 6) is 1.68. The van der Waals surface area contributed by atoms with E-state index < -0.39 is 0 Å². The number of benzene rings is 1. The van der Waals surface area contributed by atoms with Gasteiger partial charge in [-0.25, -0.2) is 14.4 Å². The molecule has 0 amide bonds. The Morgan fingerprint density at radius 2 is 1.89 bits per heavy atom. The SMILES string of the molecule is Cc1cc(Cc2nc(Cc3cc(C)c(C4CCC(N5CC[C@H](C)C5)CC4)cc3F)ncc2Cl)n[nH]1. The molecule has 1 N–H and O–H groups in total. The molecule has 186 valence electrons. The van der Waals surface area contributed by atoms with Crippen LogP contribution in [0.4, 0.5) is 4.39 Å². The van der Waals surface area contributed by atoms with Gasteiger partial charge in [-0.05, 0) is 93.2 Å². The molecule has 1 atom stereocenters. The van der Waals surface area contributed by atoms with Crippen LogP contribution in [0.3, 0.4) is 0 Å². The molecule has 1 aliphatic carbocycles. The zero-order valence-corrected chi connectivity index (χ0v) is 21.7. The maximum absolute atomic E-state index is 15.3. The number of likely N-dealkylation sites (tertiary alicyclic amines) is 1. The molecule has 0 unspecified atom stereocenters. The summed E-state index contributed by atoms with van der Waals surface area (Å²) < 4.78 is 15.3. The summed E-state index contributed by atoms with van der Waals surface area (Å²) in [5, 5.41) is 7.71. The molecule has 35 heavy (non-hydrogen) atoms. The van der Waals surface area contributed by atoms with Crippen LogP contribution in [0.15, 0.2) is 24.4 Å². The number of halogens is 2. The van der Waals surface area contributed by atoms with Crippen LogP contribution in [0.1, 0.15) is 84.5 Å². The van der Waals surface area contributed by atoms with Crippen LogP contribution in [0.25, 0.3) is 0 Å². The van der Waals surface area contributed by atoms with E-state index in [0.717, 1.165) is 30.1 Å². The van der Waals surface area contributed by atoms with E-state index in [-0.39, 0.29) is 5.82 Å². The van der Waals surface area contributed by atoms with E-state index in [0.29, 0.717) is 46.9 Å². The van der Waals surface area contributed by atoms with E-state index in [1.807, 2.05) is 19.1 Å². The minimum Gasteiger partial charge on any atom is -0.300 e. The highest BCUT2D eigenvalue weighted by atomic mass is 35.5. The van der Waals surface area contributed by atoms with Crippen LogP contribution in [0.2, 0.25) is 5.02 Å². The monoisotopic (exact) mass is 495 g/mol. The molecule has 5 nitrogen and oxygen atoms in total. The summed E-state index contributed by atoms with van der Waals surface area (Å²) in [6.45, 7) is 8.91. The van der Waals surface area contributed by atoms with Crippen LogP contribution in [-0.2, 0) is 12.8 Å². The quantitative estimate of drug-likeness (QED) is 0.445. The fourth-order valence-electron chi connectivity index (χ4n) is 5.94. The first-order valence-electron chi connectivity index (χ1n) is 12.9. The second kappa shape index (κ2) is 10.4. The highest BCUT2D eigenvalue weighted by Gasteiger charge is 2.31. The van der Waals surface area contributed by atoms with Gasteiger partial charge in [-0.1, -0.05) is 24.6 Å². The highest BCUT2D eigenvalue weighted by Crippen LogP contribution is 2.38. The zero-order valence-electron chi connectivity index (χ0n) is 21.0. The third kappa shape index (κ3) is 5.59. The number of aromatic amines is 1. The molecule has 2 fully saturated rings. The number of hydrogen-bond acceptors (Lipinski definition) is 4. The van der Waals surface area contributed by atoms with E-state index in [9.17, 15) is 0 Å². The largest absolute Gasteiger partial charge is 0.300 e. The van der Waals surface area contributed by atoms with E-state index in [1.165, 1.54) is 43.5 Å². The van der Waals surface area contributed by atoms with Gasteiger partial charge in [0.05, 0.1) is 16.4 Å². The molecule has 5 rings (SSSR count). The second-order valence-corrected chi connectivity index (χ2v) is 11.1. The van der Waals surface area contributed by atoms with Crippen molar-refractivity contribution in [2.75, 3.05) is 13.1 Å².